The Kier molecular flexibility index (Phi) is 7.03. The first-order chi connectivity index (χ1) is 7.33. The standard InChI is InChI=1S/C13H27NO/c1-3-4-5-6-7-12-15-13-8-10-14(2)11-9-13/h13H,3-12H2,1-2H3. The number of likely N-dealkylation sites (tertiary alicyclic amines) is 1. The van der Waals surface area contributed by atoms with Crippen LogP contribution in [0.1, 0.15) is 51.9 Å². The van der Waals surface area contributed by atoms with Gasteiger partial charge in [-0.1, -0.05) is 32.6 Å². The third-order valence-corrected chi connectivity index (χ3v) is 3.27. The van der Waals surface area contributed by atoms with Crippen LogP contribution in [0.5, 0.6) is 0 Å². The van der Waals surface area contributed by atoms with Gasteiger partial charge in [0.05, 0.1) is 6.10 Å². The SMILES string of the molecule is CCCCCCCOC1CCN(C)CC1. The zero-order valence-electron chi connectivity index (χ0n) is 10.5. The van der Waals surface area contributed by atoms with Crippen molar-refractivity contribution in [2.24, 2.45) is 0 Å². The highest BCUT2D eigenvalue weighted by Crippen LogP contribution is 2.13. The molecule has 0 aliphatic carbocycles. The molecule has 1 aliphatic rings. The van der Waals surface area contributed by atoms with Gasteiger partial charge in [0.1, 0.15) is 0 Å². The Morgan fingerprint density at radius 1 is 1.07 bits per heavy atom. The summed E-state index contributed by atoms with van der Waals surface area (Å²) in [6, 6.07) is 0. The first kappa shape index (κ1) is 13.0. The van der Waals surface area contributed by atoms with E-state index in [-0.39, 0.29) is 0 Å². The van der Waals surface area contributed by atoms with Gasteiger partial charge in [0.2, 0.25) is 0 Å². The summed E-state index contributed by atoms with van der Waals surface area (Å²) in [6.45, 7) is 5.66. The van der Waals surface area contributed by atoms with Crippen molar-refractivity contribution in [3.63, 3.8) is 0 Å². The van der Waals surface area contributed by atoms with Crippen LogP contribution < -0.4 is 0 Å². The minimum Gasteiger partial charge on any atom is -0.378 e. The van der Waals surface area contributed by atoms with Crippen LogP contribution in [0.2, 0.25) is 0 Å². The molecule has 0 amide bonds. The largest absolute Gasteiger partial charge is 0.378 e. The average Bonchev–Trinajstić information content (AvgIpc) is 2.26. The molecule has 1 aliphatic heterocycles. The summed E-state index contributed by atoms with van der Waals surface area (Å²) in [4.78, 5) is 2.39. The van der Waals surface area contributed by atoms with E-state index in [0.717, 1.165) is 6.61 Å². The number of nitrogens with zero attached hydrogens (tertiary/aromatic N) is 1. The molecule has 2 heteroatoms. The molecule has 0 aromatic heterocycles. The molecular formula is C13H27NO. The molecule has 0 aromatic rings. The third kappa shape index (κ3) is 6.16. The van der Waals surface area contributed by atoms with E-state index < -0.39 is 0 Å². The number of hydrogen-bond acceptors (Lipinski definition) is 2. The van der Waals surface area contributed by atoms with Gasteiger partial charge in [-0.2, -0.15) is 0 Å². The fourth-order valence-electron chi connectivity index (χ4n) is 2.11. The molecule has 0 aromatic carbocycles. The van der Waals surface area contributed by atoms with E-state index in [0.29, 0.717) is 6.10 Å². The van der Waals surface area contributed by atoms with Gasteiger partial charge in [-0.15, -0.1) is 0 Å². The van der Waals surface area contributed by atoms with Gasteiger partial charge >= 0.3 is 0 Å². The highest BCUT2D eigenvalue weighted by Gasteiger charge is 2.16. The van der Waals surface area contributed by atoms with Crippen LogP contribution in [-0.4, -0.2) is 37.7 Å². The Labute approximate surface area is 95.0 Å². The molecule has 90 valence electrons. The molecule has 0 N–H and O–H groups in total. The zero-order valence-corrected chi connectivity index (χ0v) is 10.5. The van der Waals surface area contributed by atoms with Crippen LogP contribution in [0, 0.1) is 0 Å². The van der Waals surface area contributed by atoms with Crippen molar-refractivity contribution in [2.45, 2.75) is 58.0 Å². The predicted octanol–water partition coefficient (Wildman–Crippen LogP) is 3.07. The van der Waals surface area contributed by atoms with Gasteiger partial charge in [0.25, 0.3) is 0 Å². The van der Waals surface area contributed by atoms with Crippen LogP contribution >= 0.6 is 0 Å². The van der Waals surface area contributed by atoms with Crippen LogP contribution in [0.3, 0.4) is 0 Å². The van der Waals surface area contributed by atoms with Crippen LogP contribution in [0.4, 0.5) is 0 Å². The minimum absolute atomic E-state index is 0.548. The van der Waals surface area contributed by atoms with Crippen LogP contribution in [0.25, 0.3) is 0 Å². The van der Waals surface area contributed by atoms with Crippen molar-refractivity contribution in [2.75, 3.05) is 26.7 Å². The number of piperidine rings is 1. The van der Waals surface area contributed by atoms with E-state index in [2.05, 4.69) is 18.9 Å². The second-order valence-electron chi connectivity index (χ2n) is 4.79. The van der Waals surface area contributed by atoms with Crippen molar-refractivity contribution in [1.82, 2.24) is 4.90 Å². The summed E-state index contributed by atoms with van der Waals surface area (Å²) in [5, 5.41) is 0. The lowest BCUT2D eigenvalue weighted by atomic mass is 10.1. The van der Waals surface area contributed by atoms with Gasteiger partial charge in [-0.25, -0.2) is 0 Å². The minimum atomic E-state index is 0.548. The van der Waals surface area contributed by atoms with Crippen molar-refractivity contribution in [3.05, 3.63) is 0 Å². The zero-order chi connectivity index (χ0) is 10.9. The topological polar surface area (TPSA) is 12.5 Å². The molecule has 0 radical (unpaired) electrons. The maximum atomic E-state index is 5.88. The van der Waals surface area contributed by atoms with E-state index in [1.54, 1.807) is 0 Å². The van der Waals surface area contributed by atoms with E-state index >= 15 is 0 Å². The monoisotopic (exact) mass is 213 g/mol. The normalized spacial score (nSPS) is 19.6. The Morgan fingerprint density at radius 2 is 1.73 bits per heavy atom. The molecule has 2 nitrogen and oxygen atoms in total. The molecule has 0 unspecified atom stereocenters. The van der Waals surface area contributed by atoms with E-state index in [9.17, 15) is 0 Å². The van der Waals surface area contributed by atoms with Crippen molar-refractivity contribution < 1.29 is 4.74 Å². The summed E-state index contributed by atoms with van der Waals surface area (Å²) in [7, 11) is 2.20. The Morgan fingerprint density at radius 3 is 2.40 bits per heavy atom. The van der Waals surface area contributed by atoms with E-state index in [4.69, 9.17) is 4.74 Å². The van der Waals surface area contributed by atoms with E-state index in [1.807, 2.05) is 0 Å². The number of rotatable bonds is 7. The second kappa shape index (κ2) is 8.12. The van der Waals surface area contributed by atoms with Crippen molar-refractivity contribution in [1.29, 1.82) is 0 Å². The summed E-state index contributed by atoms with van der Waals surface area (Å²) in [6.07, 6.45) is 9.70. The molecule has 0 atom stereocenters. The lowest BCUT2D eigenvalue weighted by Gasteiger charge is -2.28. The average molecular weight is 213 g/mol. The Bertz CT molecular complexity index is 141. The lowest BCUT2D eigenvalue weighted by Crippen LogP contribution is -2.34. The molecule has 1 rings (SSSR count). The molecule has 1 fully saturated rings. The third-order valence-electron chi connectivity index (χ3n) is 3.27. The number of ether oxygens (including phenoxy) is 1. The smallest absolute Gasteiger partial charge is 0.0599 e. The van der Waals surface area contributed by atoms with Gasteiger partial charge in [0.15, 0.2) is 0 Å². The lowest BCUT2D eigenvalue weighted by molar-refractivity contribution is 0.0107. The number of unbranched alkanes of at least 4 members (excludes halogenated alkanes) is 4. The second-order valence-corrected chi connectivity index (χ2v) is 4.79. The molecule has 0 spiro atoms. The quantitative estimate of drug-likeness (QED) is 0.603. The van der Waals surface area contributed by atoms with Crippen molar-refractivity contribution >= 4 is 0 Å². The van der Waals surface area contributed by atoms with Crippen LogP contribution in [0.15, 0.2) is 0 Å². The highest BCUT2D eigenvalue weighted by atomic mass is 16.5. The Hall–Kier alpha value is -0.0800. The first-order valence-electron chi connectivity index (χ1n) is 6.63. The maximum absolute atomic E-state index is 5.88. The highest BCUT2D eigenvalue weighted by molar-refractivity contribution is 4.69. The Balaban J connectivity index is 1.87. The van der Waals surface area contributed by atoms with Gasteiger partial charge in [-0.3, -0.25) is 0 Å². The number of hydrogen-bond donors (Lipinski definition) is 0. The summed E-state index contributed by atoms with van der Waals surface area (Å²) in [5.41, 5.74) is 0. The molecule has 1 saturated heterocycles. The summed E-state index contributed by atoms with van der Waals surface area (Å²) >= 11 is 0. The fourth-order valence-corrected chi connectivity index (χ4v) is 2.11. The predicted molar refractivity (Wildman–Crippen MR) is 65.2 cm³/mol. The van der Waals surface area contributed by atoms with Gasteiger partial charge < -0.3 is 9.64 Å². The molecule has 0 saturated carbocycles. The summed E-state index contributed by atoms with van der Waals surface area (Å²) < 4.78 is 5.88. The first-order valence-corrected chi connectivity index (χ1v) is 6.63. The summed E-state index contributed by atoms with van der Waals surface area (Å²) in [5.74, 6) is 0. The fraction of sp³-hybridized carbons (Fsp3) is 1.00. The van der Waals surface area contributed by atoms with Crippen LogP contribution in [-0.2, 0) is 4.74 Å². The van der Waals surface area contributed by atoms with Crippen molar-refractivity contribution in [3.8, 4) is 0 Å². The van der Waals surface area contributed by atoms with E-state index in [1.165, 1.54) is 58.0 Å². The maximum Gasteiger partial charge on any atom is 0.0599 e. The van der Waals surface area contributed by atoms with Gasteiger partial charge in [-0.05, 0) is 26.3 Å². The molecular weight excluding hydrogens is 186 g/mol. The molecule has 0 bridgehead atoms. The molecule has 15 heavy (non-hydrogen) atoms. The molecule has 1 heterocycles. The van der Waals surface area contributed by atoms with Gasteiger partial charge in [0, 0.05) is 19.7 Å².